The van der Waals surface area contributed by atoms with Crippen molar-refractivity contribution in [1.29, 1.82) is 0 Å². The Morgan fingerprint density at radius 2 is 2.00 bits per heavy atom. The van der Waals surface area contributed by atoms with Gasteiger partial charge >= 0.3 is 6.18 Å². The SMILES string of the molecule is CNC(CCc1ccncc1)c1cnc(C(F)(F)F)s1. The van der Waals surface area contributed by atoms with Crippen LogP contribution in [0.25, 0.3) is 0 Å². The van der Waals surface area contributed by atoms with E-state index in [1.165, 1.54) is 6.20 Å². The van der Waals surface area contributed by atoms with Crippen LogP contribution >= 0.6 is 11.3 Å². The fourth-order valence-corrected chi connectivity index (χ4v) is 2.80. The minimum Gasteiger partial charge on any atom is -0.312 e. The Bertz CT molecular complexity index is 539. The Kier molecular flexibility index (Phi) is 4.72. The van der Waals surface area contributed by atoms with Crippen molar-refractivity contribution in [3.63, 3.8) is 0 Å². The van der Waals surface area contributed by atoms with Crippen LogP contribution in [0, 0.1) is 0 Å². The molecule has 0 saturated heterocycles. The molecule has 3 nitrogen and oxygen atoms in total. The van der Waals surface area contributed by atoms with Gasteiger partial charge in [-0.05, 0) is 37.6 Å². The molecule has 2 aromatic heterocycles. The predicted molar refractivity (Wildman–Crippen MR) is 71.5 cm³/mol. The molecule has 1 N–H and O–H groups in total. The molecule has 20 heavy (non-hydrogen) atoms. The molecular weight excluding hydrogens is 287 g/mol. The molecule has 2 heterocycles. The largest absolute Gasteiger partial charge is 0.443 e. The third-order valence-corrected chi connectivity index (χ3v) is 4.08. The Morgan fingerprint density at radius 1 is 1.30 bits per heavy atom. The summed E-state index contributed by atoms with van der Waals surface area (Å²) in [6, 6.07) is 3.68. The lowest BCUT2D eigenvalue weighted by Crippen LogP contribution is -2.16. The summed E-state index contributed by atoms with van der Waals surface area (Å²) in [7, 11) is 1.74. The first-order valence-corrected chi connectivity index (χ1v) is 6.91. The second-order valence-electron chi connectivity index (χ2n) is 4.30. The fourth-order valence-electron chi connectivity index (χ4n) is 1.87. The maximum Gasteiger partial charge on any atom is 0.443 e. The van der Waals surface area contributed by atoms with Crippen LogP contribution in [0.2, 0.25) is 0 Å². The third kappa shape index (κ3) is 3.77. The monoisotopic (exact) mass is 301 g/mol. The van der Waals surface area contributed by atoms with Crippen LogP contribution in [0.3, 0.4) is 0 Å². The van der Waals surface area contributed by atoms with Crippen molar-refractivity contribution in [2.75, 3.05) is 7.05 Å². The van der Waals surface area contributed by atoms with Crippen molar-refractivity contribution in [2.24, 2.45) is 0 Å². The molecule has 0 aliphatic heterocycles. The Balaban J connectivity index is 2.03. The summed E-state index contributed by atoms with van der Waals surface area (Å²) in [6.45, 7) is 0. The van der Waals surface area contributed by atoms with Gasteiger partial charge in [0, 0.05) is 29.5 Å². The second-order valence-corrected chi connectivity index (χ2v) is 5.36. The fraction of sp³-hybridized carbons (Fsp3) is 0.385. The third-order valence-electron chi connectivity index (χ3n) is 2.93. The number of alkyl halides is 3. The van der Waals surface area contributed by atoms with Crippen LogP contribution in [0.5, 0.6) is 0 Å². The number of aromatic nitrogens is 2. The molecule has 0 aromatic carbocycles. The van der Waals surface area contributed by atoms with E-state index in [1.54, 1.807) is 19.4 Å². The first-order valence-electron chi connectivity index (χ1n) is 6.10. The summed E-state index contributed by atoms with van der Waals surface area (Å²) in [5, 5.41) is 2.25. The Hall–Kier alpha value is -1.47. The zero-order valence-corrected chi connectivity index (χ0v) is 11.6. The molecule has 2 rings (SSSR count). The van der Waals surface area contributed by atoms with Gasteiger partial charge in [0.15, 0.2) is 5.01 Å². The van der Waals surface area contributed by atoms with Crippen LogP contribution in [-0.2, 0) is 12.6 Å². The summed E-state index contributed by atoms with van der Waals surface area (Å²) in [6.07, 6.45) is 1.83. The molecule has 7 heteroatoms. The van der Waals surface area contributed by atoms with E-state index in [4.69, 9.17) is 0 Å². The lowest BCUT2D eigenvalue weighted by atomic mass is 10.1. The van der Waals surface area contributed by atoms with Crippen molar-refractivity contribution in [1.82, 2.24) is 15.3 Å². The molecule has 1 unspecified atom stereocenters. The van der Waals surface area contributed by atoms with Crippen molar-refractivity contribution >= 4 is 11.3 Å². The van der Waals surface area contributed by atoms with E-state index in [0.29, 0.717) is 22.6 Å². The molecule has 0 aliphatic rings. The van der Waals surface area contributed by atoms with Gasteiger partial charge in [0.05, 0.1) is 0 Å². The summed E-state index contributed by atoms with van der Waals surface area (Å²) < 4.78 is 37.6. The van der Waals surface area contributed by atoms with Crippen LogP contribution < -0.4 is 5.32 Å². The number of hydrogen-bond donors (Lipinski definition) is 1. The highest BCUT2D eigenvalue weighted by atomic mass is 32.1. The lowest BCUT2D eigenvalue weighted by molar-refractivity contribution is -0.137. The molecule has 0 bridgehead atoms. The summed E-state index contributed by atoms with van der Waals surface area (Å²) in [5.41, 5.74) is 1.11. The van der Waals surface area contributed by atoms with Gasteiger partial charge in [-0.25, -0.2) is 4.98 Å². The molecule has 0 saturated carbocycles. The average Bonchev–Trinajstić information content (AvgIpc) is 2.90. The first-order chi connectivity index (χ1) is 9.50. The minimum absolute atomic E-state index is 0.128. The first kappa shape index (κ1) is 14.9. The highest BCUT2D eigenvalue weighted by Crippen LogP contribution is 2.35. The van der Waals surface area contributed by atoms with Gasteiger partial charge in [0.2, 0.25) is 0 Å². The summed E-state index contributed by atoms with van der Waals surface area (Å²) in [5.74, 6) is 0. The zero-order valence-electron chi connectivity index (χ0n) is 10.8. The maximum absolute atomic E-state index is 12.5. The van der Waals surface area contributed by atoms with Crippen molar-refractivity contribution in [2.45, 2.75) is 25.1 Å². The lowest BCUT2D eigenvalue weighted by Gasteiger charge is -2.13. The molecule has 0 radical (unpaired) electrons. The van der Waals surface area contributed by atoms with Gasteiger partial charge in [0.25, 0.3) is 0 Å². The molecule has 0 aliphatic carbocycles. The van der Waals surface area contributed by atoms with E-state index in [9.17, 15) is 13.2 Å². The molecule has 0 fully saturated rings. The van der Waals surface area contributed by atoms with E-state index >= 15 is 0 Å². The van der Waals surface area contributed by atoms with Gasteiger partial charge in [-0.2, -0.15) is 13.2 Å². The average molecular weight is 301 g/mol. The quantitative estimate of drug-likeness (QED) is 0.919. The van der Waals surface area contributed by atoms with Crippen LogP contribution in [-0.4, -0.2) is 17.0 Å². The number of hydrogen-bond acceptors (Lipinski definition) is 4. The van der Waals surface area contributed by atoms with E-state index < -0.39 is 11.2 Å². The molecule has 108 valence electrons. The maximum atomic E-state index is 12.5. The summed E-state index contributed by atoms with van der Waals surface area (Å²) in [4.78, 5) is 7.99. The molecule has 1 atom stereocenters. The van der Waals surface area contributed by atoms with E-state index in [0.717, 1.165) is 12.0 Å². The number of nitrogens with one attached hydrogen (secondary N) is 1. The molecule has 0 amide bonds. The summed E-state index contributed by atoms with van der Waals surface area (Å²) >= 11 is 0.697. The Labute approximate surface area is 118 Å². The highest BCUT2D eigenvalue weighted by Gasteiger charge is 2.35. The number of aryl methyl sites for hydroxylation is 1. The topological polar surface area (TPSA) is 37.8 Å². The van der Waals surface area contributed by atoms with Gasteiger partial charge in [-0.15, -0.1) is 11.3 Å². The van der Waals surface area contributed by atoms with E-state index in [2.05, 4.69) is 15.3 Å². The van der Waals surface area contributed by atoms with Crippen molar-refractivity contribution < 1.29 is 13.2 Å². The minimum atomic E-state index is -4.37. The van der Waals surface area contributed by atoms with Gasteiger partial charge in [-0.1, -0.05) is 0 Å². The standard InChI is InChI=1S/C13H14F3N3S/c1-17-10(3-2-9-4-6-18-7-5-9)11-8-19-12(20-11)13(14,15)16/h4-8,10,17H,2-3H2,1H3. The zero-order chi connectivity index (χ0) is 14.6. The number of halogens is 3. The van der Waals surface area contributed by atoms with Gasteiger partial charge in [-0.3, -0.25) is 4.98 Å². The normalized spacial score (nSPS) is 13.4. The van der Waals surface area contributed by atoms with Crippen molar-refractivity contribution in [3.8, 4) is 0 Å². The molecule has 2 aromatic rings. The van der Waals surface area contributed by atoms with E-state index in [-0.39, 0.29) is 6.04 Å². The van der Waals surface area contributed by atoms with Crippen LogP contribution in [0.15, 0.2) is 30.7 Å². The van der Waals surface area contributed by atoms with E-state index in [1.807, 2.05) is 12.1 Å². The van der Waals surface area contributed by atoms with Crippen molar-refractivity contribution in [3.05, 3.63) is 46.2 Å². The number of pyridine rings is 1. The second kappa shape index (κ2) is 6.32. The molecule has 0 spiro atoms. The molecular formula is C13H14F3N3S. The smallest absolute Gasteiger partial charge is 0.312 e. The number of thiazole rings is 1. The highest BCUT2D eigenvalue weighted by molar-refractivity contribution is 7.11. The predicted octanol–water partition coefficient (Wildman–Crippen LogP) is 3.45. The van der Waals surface area contributed by atoms with Gasteiger partial charge < -0.3 is 5.32 Å². The van der Waals surface area contributed by atoms with Gasteiger partial charge in [0.1, 0.15) is 0 Å². The number of rotatable bonds is 5. The van der Waals surface area contributed by atoms with Crippen LogP contribution in [0.1, 0.15) is 27.9 Å². The number of nitrogens with zero attached hydrogens (tertiary/aromatic N) is 2. The van der Waals surface area contributed by atoms with Crippen LogP contribution in [0.4, 0.5) is 13.2 Å². The Morgan fingerprint density at radius 3 is 2.55 bits per heavy atom.